The number of fused-ring (bicyclic) bond motifs is 9. The molecule has 0 unspecified atom stereocenters. The molecule has 7 aromatic carbocycles. The molecule has 6 aliphatic rings. The summed E-state index contributed by atoms with van der Waals surface area (Å²) in [7, 11) is 0. The molecular weight excluding hydrogens is 731 g/mol. The standard InChI is InChI=1S/C56H43N3O/c1-2-11-38(12-3-1)41-13-10-14-43(30-41)53-57-52(58-54(59-53)55-32-35-27-36(33-55)29-37(28-35)34-55)40-23-21-39(22-24-40)42-25-26-45-44-15-4-5-16-46(44)56(49(45)31-42)47-17-6-8-19-50(47)60-51-20-9-7-18-48(51)56/h1-26,30-31,35-37H,27-29,32-34H2/t35-,36-,37?,55?/m1/s1. The van der Waals surface area contributed by atoms with Crippen LogP contribution in [0.25, 0.3) is 56.2 Å². The second-order valence-corrected chi connectivity index (χ2v) is 18.2. The SMILES string of the molecule is c1ccc(-c2cccc(-c3nc(-c4ccc(-c5ccc6c(c5)C5(c7ccccc7Oc7ccccc75)c5ccccc5-6)cc4)nc(C45CC6C[C@H](C4)C[C@H](C6)C5)n3)c2)cc1. The summed E-state index contributed by atoms with van der Waals surface area (Å²) in [4.78, 5) is 16.1. The molecule has 2 heterocycles. The van der Waals surface area contributed by atoms with Gasteiger partial charge >= 0.3 is 0 Å². The molecule has 0 radical (unpaired) electrons. The number of nitrogens with zero attached hydrogens (tertiary/aromatic N) is 3. The first-order chi connectivity index (χ1) is 29.6. The lowest BCUT2D eigenvalue weighted by Gasteiger charge is -2.56. The minimum atomic E-state index is -0.500. The van der Waals surface area contributed by atoms with Gasteiger partial charge in [-0.1, -0.05) is 146 Å². The largest absolute Gasteiger partial charge is 0.457 e. The van der Waals surface area contributed by atoms with Crippen molar-refractivity contribution in [2.75, 3.05) is 0 Å². The van der Waals surface area contributed by atoms with Crippen molar-refractivity contribution in [3.05, 3.63) is 198 Å². The van der Waals surface area contributed by atoms with Crippen LogP contribution in [0, 0.1) is 17.8 Å². The van der Waals surface area contributed by atoms with Crippen molar-refractivity contribution in [3.63, 3.8) is 0 Å². The Morgan fingerprint density at radius 2 is 0.883 bits per heavy atom. The zero-order valence-electron chi connectivity index (χ0n) is 33.4. The van der Waals surface area contributed by atoms with Crippen LogP contribution in [0.3, 0.4) is 0 Å². The predicted octanol–water partition coefficient (Wildman–Crippen LogP) is 13.5. The predicted molar refractivity (Wildman–Crippen MR) is 239 cm³/mol. The molecule has 14 rings (SSSR count). The Labute approximate surface area is 351 Å². The molecule has 4 fully saturated rings. The van der Waals surface area contributed by atoms with E-state index in [9.17, 15) is 0 Å². The van der Waals surface area contributed by atoms with Crippen LogP contribution in [-0.4, -0.2) is 15.0 Å². The molecule has 60 heavy (non-hydrogen) atoms. The fraction of sp³-hybridized carbons (Fsp3) is 0.196. The van der Waals surface area contributed by atoms with Crippen LogP contribution in [0.15, 0.2) is 170 Å². The molecule has 4 saturated carbocycles. The lowest BCUT2D eigenvalue weighted by Crippen LogP contribution is -2.49. The summed E-state index contributed by atoms with van der Waals surface area (Å²) < 4.78 is 6.59. The van der Waals surface area contributed by atoms with Gasteiger partial charge in [-0.15, -0.1) is 0 Å². The lowest BCUT2D eigenvalue weighted by molar-refractivity contribution is -0.00938. The van der Waals surface area contributed by atoms with E-state index in [0.717, 1.165) is 63.4 Å². The van der Waals surface area contributed by atoms with E-state index >= 15 is 0 Å². The second-order valence-electron chi connectivity index (χ2n) is 18.2. The molecule has 0 amide bonds. The summed E-state index contributed by atoms with van der Waals surface area (Å²) in [5, 5.41) is 0. The van der Waals surface area contributed by atoms with Crippen molar-refractivity contribution in [3.8, 4) is 67.7 Å². The van der Waals surface area contributed by atoms with E-state index in [0.29, 0.717) is 0 Å². The van der Waals surface area contributed by atoms with Gasteiger partial charge < -0.3 is 4.74 Å². The van der Waals surface area contributed by atoms with Gasteiger partial charge in [0.15, 0.2) is 11.6 Å². The Kier molecular flexibility index (Phi) is 7.37. The third-order valence-electron chi connectivity index (χ3n) is 14.7. The number of ether oxygens (including phenoxy) is 1. The first-order valence-electron chi connectivity index (χ1n) is 21.8. The Bertz CT molecular complexity index is 2920. The molecule has 0 saturated heterocycles. The van der Waals surface area contributed by atoms with Gasteiger partial charge in [-0.05, 0) is 125 Å². The summed E-state index contributed by atoms with van der Waals surface area (Å²) in [6.45, 7) is 0. The quantitative estimate of drug-likeness (QED) is 0.175. The molecule has 1 aliphatic heterocycles. The molecule has 1 spiro atoms. The number of aromatic nitrogens is 3. The van der Waals surface area contributed by atoms with E-state index in [2.05, 4.69) is 170 Å². The van der Waals surface area contributed by atoms with Gasteiger partial charge in [0.25, 0.3) is 0 Å². The molecule has 5 aliphatic carbocycles. The van der Waals surface area contributed by atoms with Crippen LogP contribution >= 0.6 is 0 Å². The summed E-state index contributed by atoms with van der Waals surface area (Å²) in [6.07, 6.45) is 7.76. The zero-order valence-corrected chi connectivity index (χ0v) is 33.4. The molecule has 288 valence electrons. The van der Waals surface area contributed by atoms with Gasteiger partial charge in [-0.2, -0.15) is 0 Å². The van der Waals surface area contributed by atoms with Gasteiger partial charge in [-0.25, -0.2) is 15.0 Å². The minimum absolute atomic E-state index is 0.0392. The van der Waals surface area contributed by atoms with E-state index < -0.39 is 5.41 Å². The highest BCUT2D eigenvalue weighted by Gasteiger charge is 2.54. The van der Waals surface area contributed by atoms with Crippen molar-refractivity contribution in [1.82, 2.24) is 15.0 Å². The summed E-state index contributed by atoms with van der Waals surface area (Å²) >= 11 is 0. The van der Waals surface area contributed by atoms with Gasteiger partial charge in [0.05, 0.1) is 5.41 Å². The number of hydrogen-bond acceptors (Lipinski definition) is 4. The maximum atomic E-state index is 6.59. The van der Waals surface area contributed by atoms with Crippen molar-refractivity contribution in [2.45, 2.75) is 49.4 Å². The first-order valence-corrected chi connectivity index (χ1v) is 21.8. The Hall–Kier alpha value is -6.65. The van der Waals surface area contributed by atoms with E-state index in [1.165, 1.54) is 88.6 Å². The normalized spacial score (nSPS) is 22.1. The maximum absolute atomic E-state index is 6.59. The molecule has 0 N–H and O–H groups in total. The fourth-order valence-corrected chi connectivity index (χ4v) is 12.6. The number of benzene rings is 7. The first kappa shape index (κ1) is 34.2. The van der Waals surface area contributed by atoms with Crippen molar-refractivity contribution >= 4 is 0 Å². The van der Waals surface area contributed by atoms with Crippen LogP contribution in [0.4, 0.5) is 0 Å². The van der Waals surface area contributed by atoms with Gasteiger partial charge in [-0.3, -0.25) is 0 Å². The van der Waals surface area contributed by atoms with E-state index in [1.54, 1.807) is 0 Å². The summed E-state index contributed by atoms with van der Waals surface area (Å²) in [5.41, 5.74) is 13.8. The van der Waals surface area contributed by atoms with Crippen LogP contribution in [0.2, 0.25) is 0 Å². The highest BCUT2D eigenvalue weighted by Crippen LogP contribution is 2.63. The molecule has 4 bridgehead atoms. The van der Waals surface area contributed by atoms with E-state index in [-0.39, 0.29) is 5.41 Å². The van der Waals surface area contributed by atoms with E-state index in [4.69, 9.17) is 19.7 Å². The third-order valence-corrected chi connectivity index (χ3v) is 14.7. The van der Waals surface area contributed by atoms with Crippen molar-refractivity contribution in [1.29, 1.82) is 0 Å². The van der Waals surface area contributed by atoms with Crippen LogP contribution < -0.4 is 4.74 Å². The summed E-state index contributed by atoms with van der Waals surface area (Å²) in [5.74, 6) is 6.74. The van der Waals surface area contributed by atoms with Crippen LogP contribution in [0.5, 0.6) is 11.5 Å². The molecule has 1 aromatic heterocycles. The molecule has 4 heteroatoms. The van der Waals surface area contributed by atoms with E-state index in [1.807, 2.05) is 0 Å². The fourth-order valence-electron chi connectivity index (χ4n) is 12.6. The van der Waals surface area contributed by atoms with Crippen LogP contribution in [-0.2, 0) is 10.8 Å². The Balaban J connectivity index is 0.930. The highest BCUT2D eigenvalue weighted by molar-refractivity contribution is 5.90. The topological polar surface area (TPSA) is 47.9 Å². The molecular formula is C56H43N3O. The van der Waals surface area contributed by atoms with Gasteiger partial charge in [0.2, 0.25) is 0 Å². The second kappa shape index (κ2) is 12.9. The highest BCUT2D eigenvalue weighted by atomic mass is 16.5. The number of hydrogen-bond donors (Lipinski definition) is 0. The molecule has 8 aromatic rings. The average molecular weight is 774 g/mol. The minimum Gasteiger partial charge on any atom is -0.457 e. The number of para-hydroxylation sites is 2. The Morgan fingerprint density at radius 3 is 1.58 bits per heavy atom. The van der Waals surface area contributed by atoms with Gasteiger partial charge in [0, 0.05) is 27.7 Å². The lowest BCUT2D eigenvalue weighted by atomic mass is 9.49. The van der Waals surface area contributed by atoms with Gasteiger partial charge in [0.1, 0.15) is 17.3 Å². The molecule has 4 nitrogen and oxygen atoms in total. The zero-order chi connectivity index (χ0) is 39.4. The maximum Gasteiger partial charge on any atom is 0.163 e. The smallest absolute Gasteiger partial charge is 0.163 e. The third kappa shape index (κ3) is 5.06. The van der Waals surface area contributed by atoms with Crippen molar-refractivity contribution in [2.24, 2.45) is 17.8 Å². The summed E-state index contributed by atoms with van der Waals surface area (Å²) in [6, 6.07) is 61.3. The number of rotatable bonds is 5. The molecule has 0 atom stereocenters. The Morgan fingerprint density at radius 1 is 0.383 bits per heavy atom. The van der Waals surface area contributed by atoms with Crippen LogP contribution in [0.1, 0.15) is 66.6 Å². The monoisotopic (exact) mass is 773 g/mol. The average Bonchev–Trinajstić information content (AvgIpc) is 3.59. The van der Waals surface area contributed by atoms with Crippen molar-refractivity contribution < 1.29 is 4.74 Å².